The van der Waals surface area contributed by atoms with E-state index in [1.807, 2.05) is 11.5 Å². The third-order valence-electron chi connectivity index (χ3n) is 5.15. The lowest BCUT2D eigenvalue weighted by Gasteiger charge is -2.15. The average Bonchev–Trinajstić information content (AvgIpc) is 3.24. The molecule has 0 aliphatic heterocycles. The molecule has 29 heavy (non-hydrogen) atoms. The molecule has 1 fully saturated rings. The Hall–Kier alpha value is -3.03. The van der Waals surface area contributed by atoms with Crippen LogP contribution < -0.4 is 0 Å². The summed E-state index contributed by atoms with van der Waals surface area (Å²) in [6, 6.07) is 11.3. The molecule has 1 aromatic heterocycles. The molecule has 0 saturated heterocycles. The lowest BCUT2D eigenvalue weighted by atomic mass is 9.99. The molecule has 0 bridgehead atoms. The fraction of sp³-hybridized carbons (Fsp3) is 0.286. The minimum atomic E-state index is -4.63. The second-order valence-electron chi connectivity index (χ2n) is 7.10. The normalized spacial score (nSPS) is 18.7. The first-order valence-corrected chi connectivity index (χ1v) is 9.22. The van der Waals surface area contributed by atoms with Crippen LogP contribution in [0.5, 0.6) is 0 Å². The number of rotatable bonds is 3. The molecular weight excluding hydrogens is 384 g/mol. The Bertz CT molecular complexity index is 1110. The molecule has 1 unspecified atom stereocenters. The number of halogens is 4. The molecule has 3 aromatic rings. The van der Waals surface area contributed by atoms with Gasteiger partial charge < -0.3 is 0 Å². The number of aryl methyl sites for hydroxylation is 1. The fourth-order valence-corrected chi connectivity index (χ4v) is 3.81. The second kappa shape index (κ2) is 7.09. The number of aliphatic imine (C=N–C) groups is 1. The molecule has 4 nitrogen and oxygen atoms in total. The lowest BCUT2D eigenvalue weighted by Crippen LogP contribution is -2.32. The molecule has 1 aliphatic carbocycles. The van der Waals surface area contributed by atoms with Crippen LogP contribution in [-0.4, -0.2) is 27.2 Å². The number of nitrogens with zero attached hydrogens (tertiary/aromatic N) is 3. The summed E-state index contributed by atoms with van der Waals surface area (Å²) in [6.07, 6.45) is -3.29. The zero-order valence-electron chi connectivity index (χ0n) is 15.6. The molecule has 150 valence electrons. The van der Waals surface area contributed by atoms with Gasteiger partial charge >= 0.3 is 6.18 Å². The Kier molecular flexibility index (Phi) is 4.72. The van der Waals surface area contributed by atoms with E-state index in [9.17, 15) is 17.6 Å². The van der Waals surface area contributed by atoms with Crippen LogP contribution in [0, 0.1) is 24.1 Å². The monoisotopic (exact) mass is 402 g/mol. The maximum Gasteiger partial charge on any atom is 0.429 e. The van der Waals surface area contributed by atoms with Gasteiger partial charge in [-0.3, -0.25) is 15.0 Å². The van der Waals surface area contributed by atoms with Crippen molar-refractivity contribution in [2.45, 2.75) is 32.4 Å². The van der Waals surface area contributed by atoms with Crippen LogP contribution in [0.3, 0.4) is 0 Å². The highest BCUT2D eigenvalue weighted by Gasteiger charge is 2.42. The number of alkyl halides is 3. The predicted octanol–water partition coefficient (Wildman–Crippen LogP) is 5.93. The highest BCUT2D eigenvalue weighted by atomic mass is 19.4. The van der Waals surface area contributed by atoms with Gasteiger partial charge in [0.15, 0.2) is 0 Å². The third kappa shape index (κ3) is 3.66. The Balaban J connectivity index is 1.65. The van der Waals surface area contributed by atoms with E-state index in [2.05, 4.69) is 9.98 Å². The zero-order valence-corrected chi connectivity index (χ0v) is 15.6. The van der Waals surface area contributed by atoms with Gasteiger partial charge in [0, 0.05) is 23.4 Å². The van der Waals surface area contributed by atoms with Gasteiger partial charge in [0.1, 0.15) is 17.4 Å². The summed E-state index contributed by atoms with van der Waals surface area (Å²) >= 11 is 0. The molecule has 1 atom stereocenters. The van der Waals surface area contributed by atoms with Crippen molar-refractivity contribution in [3.8, 4) is 5.69 Å². The number of benzene rings is 2. The van der Waals surface area contributed by atoms with Gasteiger partial charge in [-0.05, 0) is 62.6 Å². The van der Waals surface area contributed by atoms with Crippen molar-refractivity contribution in [1.29, 1.82) is 5.41 Å². The molecule has 1 aliphatic rings. The van der Waals surface area contributed by atoms with Crippen LogP contribution in [0.4, 0.5) is 23.2 Å². The van der Waals surface area contributed by atoms with Crippen molar-refractivity contribution >= 4 is 28.1 Å². The van der Waals surface area contributed by atoms with Crippen LogP contribution in [-0.2, 0) is 0 Å². The highest BCUT2D eigenvalue weighted by Crippen LogP contribution is 2.33. The Morgan fingerprint density at radius 3 is 2.59 bits per heavy atom. The van der Waals surface area contributed by atoms with Gasteiger partial charge in [0.2, 0.25) is 0 Å². The standard InChI is InChI=1S/C21H18F4N4/c1-12-27-18-10-5-13(22)11-19(18)29(12)15-8-6-14(7-9-15)28-17-4-2-3-16(17)20(26)21(23,24)25/h5-11,16,26H,2-4H2,1H3. The zero-order chi connectivity index (χ0) is 20.8. The molecule has 1 N–H and O–H groups in total. The van der Waals surface area contributed by atoms with Crippen LogP contribution in [0.25, 0.3) is 16.7 Å². The summed E-state index contributed by atoms with van der Waals surface area (Å²) in [5, 5.41) is 7.43. The molecule has 0 radical (unpaired) electrons. The van der Waals surface area contributed by atoms with E-state index in [0.717, 1.165) is 5.69 Å². The molecule has 2 aromatic carbocycles. The van der Waals surface area contributed by atoms with E-state index in [0.29, 0.717) is 47.5 Å². The van der Waals surface area contributed by atoms with Gasteiger partial charge in [-0.1, -0.05) is 0 Å². The maximum absolute atomic E-state index is 13.7. The second-order valence-corrected chi connectivity index (χ2v) is 7.10. The summed E-state index contributed by atoms with van der Waals surface area (Å²) in [6.45, 7) is 1.82. The van der Waals surface area contributed by atoms with Gasteiger partial charge in [0.25, 0.3) is 0 Å². The van der Waals surface area contributed by atoms with Gasteiger partial charge in [-0.15, -0.1) is 0 Å². The van der Waals surface area contributed by atoms with Crippen molar-refractivity contribution in [2.75, 3.05) is 0 Å². The van der Waals surface area contributed by atoms with Crippen molar-refractivity contribution in [3.05, 3.63) is 54.1 Å². The van der Waals surface area contributed by atoms with Crippen molar-refractivity contribution < 1.29 is 17.6 Å². The van der Waals surface area contributed by atoms with Crippen molar-refractivity contribution in [2.24, 2.45) is 10.9 Å². The average molecular weight is 402 g/mol. The van der Waals surface area contributed by atoms with E-state index < -0.39 is 17.8 Å². The summed E-state index contributed by atoms with van der Waals surface area (Å²) in [5.74, 6) is -0.641. The van der Waals surface area contributed by atoms with Gasteiger partial charge in [-0.25, -0.2) is 9.37 Å². The van der Waals surface area contributed by atoms with E-state index in [-0.39, 0.29) is 5.82 Å². The molecular formula is C21H18F4N4. The van der Waals surface area contributed by atoms with Crippen LogP contribution in [0.15, 0.2) is 47.5 Å². The number of fused-ring (bicyclic) bond motifs is 1. The quantitative estimate of drug-likeness (QED) is 0.429. The number of aromatic nitrogens is 2. The number of imidazole rings is 1. The Labute approximate surface area is 164 Å². The Morgan fingerprint density at radius 1 is 1.17 bits per heavy atom. The first-order valence-electron chi connectivity index (χ1n) is 9.22. The number of hydrogen-bond acceptors (Lipinski definition) is 3. The van der Waals surface area contributed by atoms with Crippen LogP contribution in [0.2, 0.25) is 0 Å². The summed E-state index contributed by atoms with van der Waals surface area (Å²) in [5.41, 5.74) is 1.76. The van der Waals surface area contributed by atoms with E-state index in [1.54, 1.807) is 30.3 Å². The number of hydrogen-bond donors (Lipinski definition) is 1. The molecule has 0 spiro atoms. The fourth-order valence-electron chi connectivity index (χ4n) is 3.81. The van der Waals surface area contributed by atoms with Gasteiger partial charge in [-0.2, -0.15) is 13.2 Å². The summed E-state index contributed by atoms with van der Waals surface area (Å²) < 4.78 is 54.2. The molecule has 1 heterocycles. The smallest absolute Gasteiger partial charge is 0.300 e. The molecule has 1 saturated carbocycles. The minimum Gasteiger partial charge on any atom is -0.300 e. The highest BCUT2D eigenvalue weighted by molar-refractivity contribution is 6.10. The molecule has 0 amide bonds. The summed E-state index contributed by atoms with van der Waals surface area (Å²) in [7, 11) is 0. The first kappa shape index (κ1) is 19.3. The SMILES string of the molecule is Cc1nc2ccc(F)cc2n1-c1ccc(N=C2CCCC2C(=N)C(F)(F)F)cc1. The maximum atomic E-state index is 13.7. The topological polar surface area (TPSA) is 54.0 Å². The predicted molar refractivity (Wildman–Crippen MR) is 104 cm³/mol. The van der Waals surface area contributed by atoms with Crippen molar-refractivity contribution in [1.82, 2.24) is 9.55 Å². The number of nitrogens with one attached hydrogen (secondary N) is 1. The lowest BCUT2D eigenvalue weighted by molar-refractivity contribution is -0.0624. The van der Waals surface area contributed by atoms with E-state index in [4.69, 9.17) is 5.41 Å². The van der Waals surface area contributed by atoms with Crippen LogP contribution >= 0.6 is 0 Å². The largest absolute Gasteiger partial charge is 0.429 e. The van der Waals surface area contributed by atoms with Gasteiger partial charge in [0.05, 0.1) is 16.7 Å². The third-order valence-corrected chi connectivity index (χ3v) is 5.15. The minimum absolute atomic E-state index is 0.293. The summed E-state index contributed by atoms with van der Waals surface area (Å²) in [4.78, 5) is 8.81. The molecule has 8 heteroatoms. The van der Waals surface area contributed by atoms with Crippen molar-refractivity contribution in [3.63, 3.8) is 0 Å². The first-order chi connectivity index (χ1) is 13.7. The van der Waals surface area contributed by atoms with Crippen LogP contribution in [0.1, 0.15) is 25.1 Å². The Morgan fingerprint density at radius 2 is 1.90 bits per heavy atom. The van der Waals surface area contributed by atoms with E-state index in [1.165, 1.54) is 12.1 Å². The van der Waals surface area contributed by atoms with E-state index >= 15 is 0 Å². The molecule has 4 rings (SSSR count).